The molecule has 3 N–H and O–H groups in total. The van der Waals surface area contributed by atoms with E-state index >= 15 is 4.39 Å². The van der Waals surface area contributed by atoms with Gasteiger partial charge in [0.25, 0.3) is 6.43 Å². The van der Waals surface area contributed by atoms with Crippen LogP contribution in [0.1, 0.15) is 27.5 Å². The highest BCUT2D eigenvalue weighted by atomic mass is 19.3. The Morgan fingerprint density at radius 3 is 2.72 bits per heavy atom. The van der Waals surface area contributed by atoms with E-state index in [1.54, 1.807) is 25.1 Å². The Hall–Kier alpha value is -3.45. The van der Waals surface area contributed by atoms with Gasteiger partial charge >= 0.3 is 0 Å². The van der Waals surface area contributed by atoms with E-state index < -0.39 is 25.2 Å². The number of nitrogens with zero attached hydrogens (tertiary/aromatic N) is 7. The van der Waals surface area contributed by atoms with Crippen LogP contribution in [0, 0.1) is 12.8 Å². The molecule has 2 saturated heterocycles. The zero-order chi connectivity index (χ0) is 28.3. The molecule has 0 amide bonds. The van der Waals surface area contributed by atoms with Crippen molar-refractivity contribution in [3.8, 4) is 11.3 Å². The summed E-state index contributed by atoms with van der Waals surface area (Å²) in [6.07, 6.45) is -3.17. The summed E-state index contributed by atoms with van der Waals surface area (Å²) in [5, 5.41) is 2.98. The molecule has 13 heteroatoms. The number of H-pyrrole nitrogens is 1. The summed E-state index contributed by atoms with van der Waals surface area (Å²) in [6, 6.07) is 4.36. The topological polar surface area (TPSA) is 115 Å². The minimum Gasteiger partial charge on any atom is -0.382 e. The van der Waals surface area contributed by atoms with Gasteiger partial charge in [0.05, 0.1) is 38.4 Å². The van der Waals surface area contributed by atoms with Crippen LogP contribution < -0.4 is 11.4 Å². The smallest absolute Gasteiger partial charge is 0.256 e. The molecule has 2 atom stereocenters. The van der Waals surface area contributed by atoms with E-state index in [4.69, 9.17) is 11.8 Å². The predicted molar refractivity (Wildman–Crippen MR) is 140 cm³/mol. The summed E-state index contributed by atoms with van der Waals surface area (Å²) < 4.78 is 58.5. The molecule has 0 aromatic carbocycles. The van der Waals surface area contributed by atoms with Crippen molar-refractivity contribution in [2.75, 3.05) is 32.0 Å². The van der Waals surface area contributed by atoms with Crippen molar-refractivity contribution in [3.63, 3.8) is 0 Å². The van der Waals surface area contributed by atoms with Crippen LogP contribution >= 0.6 is 0 Å². The number of ether oxygens (including phenoxy) is 1. The lowest BCUT2D eigenvalue weighted by Crippen LogP contribution is -2.68. The summed E-state index contributed by atoms with van der Waals surface area (Å²) in [4.78, 5) is 20.0. The van der Waals surface area contributed by atoms with Crippen molar-refractivity contribution in [3.05, 3.63) is 35.8 Å². The number of nitrogen functional groups attached to an aromatic ring is 1. The number of rotatable bonds is 6. The van der Waals surface area contributed by atoms with Gasteiger partial charge < -0.3 is 15.0 Å². The van der Waals surface area contributed by atoms with Crippen LogP contribution in [0.5, 0.6) is 0 Å². The van der Waals surface area contributed by atoms with E-state index in [1.807, 2.05) is 0 Å². The van der Waals surface area contributed by atoms with E-state index in [1.165, 1.54) is 9.08 Å². The Morgan fingerprint density at radius 2 is 2.05 bits per heavy atom. The van der Waals surface area contributed by atoms with Crippen LogP contribution in [0.4, 0.5) is 19.0 Å². The van der Waals surface area contributed by atoms with Gasteiger partial charge in [0, 0.05) is 24.8 Å². The Labute approximate surface area is 224 Å². The number of imidazole rings is 1. The average Bonchev–Trinajstić information content (AvgIpc) is 3.35. The zero-order valence-electron chi connectivity index (χ0n) is 23.0. The summed E-state index contributed by atoms with van der Waals surface area (Å²) in [7, 11) is 0. The van der Waals surface area contributed by atoms with E-state index in [9.17, 15) is 8.78 Å². The predicted octanol–water partition coefficient (Wildman–Crippen LogP) is 2.97. The molecule has 0 radical (unpaired) electrons. The van der Waals surface area contributed by atoms with Crippen molar-refractivity contribution >= 4 is 22.5 Å². The van der Waals surface area contributed by atoms with Crippen LogP contribution in [0.15, 0.2) is 29.4 Å². The molecule has 2 fully saturated rings. The molecular weight excluding hydrogens is 511 g/mol. The first-order valence-corrected chi connectivity index (χ1v) is 13.1. The summed E-state index contributed by atoms with van der Waals surface area (Å²) >= 11 is 0. The number of aryl methyl sites for hydroxylation is 1. The Kier molecular flexibility index (Phi) is 6.07. The fourth-order valence-corrected chi connectivity index (χ4v) is 5.68. The number of nitrogens with two attached hydrogens (primary N) is 1. The van der Waals surface area contributed by atoms with Gasteiger partial charge in [0.1, 0.15) is 23.0 Å². The second-order valence-electron chi connectivity index (χ2n) is 10.7. The molecule has 2 aliphatic rings. The lowest BCUT2D eigenvalue weighted by Gasteiger charge is -2.54. The summed E-state index contributed by atoms with van der Waals surface area (Å²) in [5.74, 6) is 0.867. The number of alkyl halides is 3. The molecular formula is C26H32F3N9O. The quantitative estimate of drug-likeness (QED) is 0.386. The van der Waals surface area contributed by atoms with E-state index in [2.05, 4.69) is 43.8 Å². The molecule has 4 aromatic rings. The number of aromatic nitrogens is 6. The standard InChI is InChI=1S/C26H32F3N9O/c1-14(2)26(12-39-13-26)36-8-7-19(17(27)10-36)33-25-34-23(30)22-16(6-9-38(22)35-25)18-4-5-20-24(32-18)37(11-21(28)29)15(3)31-20/h4-6,9,14,17,19,21H,7-8,10-13H2,1-3H3,(H3,30,33,34,35)/t17-,19+/m1/s1/i9D. The SMILES string of the molecule is [2H]c1cc(-c2ccc3nc(C)n(CC(F)F)c3n2)c2c(N)nc(=N[C@H]3CCN(C4(C(C)C)COC4)C[C@H]3F)[nH]n12. The molecule has 0 bridgehead atoms. The number of hydrogen-bond donors (Lipinski definition) is 2. The summed E-state index contributed by atoms with van der Waals surface area (Å²) in [6.45, 7) is 7.58. The second-order valence-corrected chi connectivity index (χ2v) is 10.7. The number of piperidine rings is 1. The molecule has 2 aliphatic heterocycles. The fraction of sp³-hybridized carbons (Fsp3) is 0.538. The number of pyridine rings is 1. The van der Waals surface area contributed by atoms with Gasteiger partial charge in [-0.05, 0) is 37.5 Å². The molecule has 39 heavy (non-hydrogen) atoms. The lowest BCUT2D eigenvalue weighted by atomic mass is 9.81. The van der Waals surface area contributed by atoms with Gasteiger partial charge in [-0.15, -0.1) is 0 Å². The van der Waals surface area contributed by atoms with Gasteiger partial charge in [-0.3, -0.25) is 14.5 Å². The zero-order valence-corrected chi connectivity index (χ0v) is 22.0. The van der Waals surface area contributed by atoms with Crippen molar-refractivity contribution in [2.24, 2.45) is 10.9 Å². The highest BCUT2D eigenvalue weighted by Gasteiger charge is 2.49. The first kappa shape index (κ1) is 24.6. The van der Waals surface area contributed by atoms with Gasteiger partial charge in [-0.25, -0.2) is 28.1 Å². The second kappa shape index (κ2) is 9.63. The first-order chi connectivity index (χ1) is 19.1. The number of anilines is 1. The van der Waals surface area contributed by atoms with Gasteiger partial charge in [-0.1, -0.05) is 13.8 Å². The van der Waals surface area contributed by atoms with Crippen LogP contribution in [0.25, 0.3) is 27.9 Å². The van der Waals surface area contributed by atoms with E-state index in [0.717, 1.165) is 0 Å². The highest BCUT2D eigenvalue weighted by Crippen LogP contribution is 2.36. The third-order valence-electron chi connectivity index (χ3n) is 8.08. The number of hydrogen-bond acceptors (Lipinski definition) is 7. The minimum atomic E-state index is -2.56. The molecule has 208 valence electrons. The van der Waals surface area contributed by atoms with Gasteiger partial charge in [0.2, 0.25) is 5.62 Å². The van der Waals surface area contributed by atoms with Crippen LogP contribution in [0.2, 0.25) is 0 Å². The summed E-state index contributed by atoms with van der Waals surface area (Å²) in [5.41, 5.74) is 8.47. The maximum atomic E-state index is 15.3. The third kappa shape index (κ3) is 4.37. The highest BCUT2D eigenvalue weighted by molar-refractivity contribution is 5.88. The van der Waals surface area contributed by atoms with Gasteiger partial charge in [-0.2, -0.15) is 4.98 Å². The molecule has 6 heterocycles. The normalized spacial score (nSPS) is 22.8. The van der Waals surface area contributed by atoms with Crippen molar-refractivity contribution in [1.29, 1.82) is 0 Å². The number of fused-ring (bicyclic) bond motifs is 2. The monoisotopic (exact) mass is 544 g/mol. The van der Waals surface area contributed by atoms with Crippen molar-refractivity contribution in [2.45, 2.75) is 57.9 Å². The Morgan fingerprint density at radius 1 is 1.26 bits per heavy atom. The average molecular weight is 545 g/mol. The molecule has 6 rings (SSSR count). The molecule has 0 spiro atoms. The first-order valence-electron chi connectivity index (χ1n) is 13.6. The Balaban J connectivity index is 1.33. The van der Waals surface area contributed by atoms with Crippen LogP contribution in [-0.4, -0.2) is 84.5 Å². The molecule has 4 aromatic heterocycles. The number of nitrogens with one attached hydrogen (secondary N) is 1. The van der Waals surface area contributed by atoms with E-state index in [0.29, 0.717) is 65.9 Å². The largest absolute Gasteiger partial charge is 0.382 e. The molecule has 10 nitrogen and oxygen atoms in total. The Bertz CT molecular complexity index is 1640. The fourth-order valence-electron chi connectivity index (χ4n) is 5.68. The molecule has 0 aliphatic carbocycles. The van der Waals surface area contributed by atoms with Crippen LogP contribution in [-0.2, 0) is 11.3 Å². The number of likely N-dealkylation sites (tertiary alicyclic amines) is 1. The number of aromatic amines is 1. The maximum absolute atomic E-state index is 15.3. The third-order valence-corrected chi connectivity index (χ3v) is 8.08. The number of halogens is 3. The lowest BCUT2D eigenvalue weighted by molar-refractivity contribution is -0.174. The minimum absolute atomic E-state index is 0.0604. The van der Waals surface area contributed by atoms with E-state index in [-0.39, 0.29) is 29.7 Å². The molecule has 0 unspecified atom stereocenters. The van der Waals surface area contributed by atoms with Crippen molar-refractivity contribution < 1.29 is 19.3 Å². The molecule has 0 saturated carbocycles. The van der Waals surface area contributed by atoms with Crippen LogP contribution in [0.3, 0.4) is 0 Å². The van der Waals surface area contributed by atoms with Gasteiger partial charge in [0.15, 0.2) is 11.5 Å². The maximum Gasteiger partial charge on any atom is 0.256 e. The van der Waals surface area contributed by atoms with Crippen molar-refractivity contribution in [1.82, 2.24) is 34.0 Å².